The van der Waals surface area contributed by atoms with Crippen LogP contribution in [0.15, 0.2) is 60.8 Å². The summed E-state index contributed by atoms with van der Waals surface area (Å²) in [4.78, 5) is 14.4. The Morgan fingerprint density at radius 2 is 1.96 bits per heavy atom. The van der Waals surface area contributed by atoms with E-state index in [2.05, 4.69) is 50.6 Å². The van der Waals surface area contributed by atoms with Gasteiger partial charge in [-0.3, -0.25) is 4.79 Å². The molecule has 4 rings (SSSR count). The lowest BCUT2D eigenvalue weighted by molar-refractivity contribution is 0.0950. The van der Waals surface area contributed by atoms with E-state index >= 15 is 0 Å². The number of hydrogen-bond donors (Lipinski definition) is 1. The van der Waals surface area contributed by atoms with Crippen LogP contribution >= 0.6 is 0 Å². The first kappa shape index (κ1) is 17.7. The number of carbonyl (C=O) groups excluding carboxylic acids is 1. The zero-order valence-corrected chi connectivity index (χ0v) is 15.6. The number of rotatable bonds is 4. The summed E-state index contributed by atoms with van der Waals surface area (Å²) in [6.45, 7) is 3.15. The molecule has 1 amide bonds. The molecule has 0 saturated carbocycles. The summed E-state index contributed by atoms with van der Waals surface area (Å²) < 4.78 is 0. The van der Waals surface area contributed by atoms with E-state index in [1.54, 1.807) is 12.3 Å². The highest BCUT2D eigenvalue weighted by Crippen LogP contribution is 2.32. The Balaban J connectivity index is 1.46. The topological polar surface area (TPSA) is 58.1 Å². The second-order valence-electron chi connectivity index (χ2n) is 6.58. The quantitative estimate of drug-likeness (QED) is 0.717. The summed E-state index contributed by atoms with van der Waals surface area (Å²) in [5.41, 5.74) is 6.10. The van der Waals surface area contributed by atoms with Crippen LogP contribution in [0, 0.1) is 12.0 Å². The van der Waals surface area contributed by atoms with Gasteiger partial charge in [-0.25, -0.2) is 0 Å². The van der Waals surface area contributed by atoms with Gasteiger partial charge < -0.3 is 10.2 Å². The number of nitrogens with zero attached hydrogens (tertiary/aromatic N) is 3. The van der Waals surface area contributed by atoms with E-state index in [-0.39, 0.29) is 5.91 Å². The van der Waals surface area contributed by atoms with E-state index in [1.807, 2.05) is 37.3 Å². The number of nitrogens with one attached hydrogen (secondary N) is 1. The molecular weight excluding hydrogens is 348 g/mol. The standard InChI is InChI=1S/C23H20N4O/c1-2-13-27-14-11-20-15-19(9-10-22(20)27)17-5-7-18(8-6-17)23(28)24-16-21-4-3-12-25-26-21/h3-10,12,15H,11,14,16H2,1H3,(H,24,28). The van der Waals surface area contributed by atoms with Crippen LogP contribution in [-0.4, -0.2) is 22.6 Å². The third-order valence-corrected chi connectivity index (χ3v) is 4.76. The molecule has 0 radical (unpaired) electrons. The number of aromatic nitrogens is 2. The normalized spacial score (nSPS) is 12.1. The molecule has 28 heavy (non-hydrogen) atoms. The van der Waals surface area contributed by atoms with Crippen molar-refractivity contribution in [3.05, 3.63) is 77.6 Å². The Kier molecular flexibility index (Phi) is 5.03. The Hall–Kier alpha value is -3.65. The average molecular weight is 368 g/mol. The molecule has 0 fully saturated rings. The van der Waals surface area contributed by atoms with Crippen LogP contribution in [0.2, 0.25) is 0 Å². The summed E-state index contributed by atoms with van der Waals surface area (Å²) >= 11 is 0. The number of anilines is 1. The Bertz CT molecular complexity index is 1050. The monoisotopic (exact) mass is 368 g/mol. The Labute approximate surface area is 164 Å². The van der Waals surface area contributed by atoms with Crippen molar-refractivity contribution in [2.75, 3.05) is 11.4 Å². The highest BCUT2D eigenvalue weighted by molar-refractivity contribution is 5.94. The Morgan fingerprint density at radius 1 is 1.14 bits per heavy atom. The molecular formula is C23H20N4O. The van der Waals surface area contributed by atoms with Crippen LogP contribution in [0.4, 0.5) is 5.69 Å². The minimum Gasteiger partial charge on any atom is -0.346 e. The molecule has 3 aromatic rings. The van der Waals surface area contributed by atoms with Crippen LogP contribution in [-0.2, 0) is 13.0 Å². The third kappa shape index (κ3) is 3.72. The van der Waals surface area contributed by atoms with Gasteiger partial charge in [-0.05, 0) is 66.4 Å². The first-order chi connectivity index (χ1) is 13.7. The molecule has 2 heterocycles. The van der Waals surface area contributed by atoms with E-state index in [0.717, 1.165) is 29.8 Å². The Morgan fingerprint density at radius 3 is 2.71 bits per heavy atom. The zero-order chi connectivity index (χ0) is 19.3. The van der Waals surface area contributed by atoms with Gasteiger partial charge in [0.15, 0.2) is 0 Å². The van der Waals surface area contributed by atoms with Crippen molar-refractivity contribution in [2.24, 2.45) is 0 Å². The van der Waals surface area contributed by atoms with Crippen molar-refractivity contribution in [1.29, 1.82) is 0 Å². The first-order valence-corrected chi connectivity index (χ1v) is 9.22. The molecule has 0 atom stereocenters. The fourth-order valence-corrected chi connectivity index (χ4v) is 3.35. The number of benzene rings is 2. The van der Waals surface area contributed by atoms with Gasteiger partial charge in [-0.15, -0.1) is 0 Å². The van der Waals surface area contributed by atoms with E-state index in [4.69, 9.17) is 0 Å². The van der Waals surface area contributed by atoms with E-state index < -0.39 is 0 Å². The van der Waals surface area contributed by atoms with E-state index in [9.17, 15) is 4.79 Å². The molecule has 1 aliphatic rings. The lowest BCUT2D eigenvalue weighted by Gasteiger charge is -2.11. The fraction of sp³-hybridized carbons (Fsp3) is 0.174. The minimum absolute atomic E-state index is 0.125. The number of fused-ring (bicyclic) bond motifs is 1. The molecule has 0 unspecified atom stereocenters. The van der Waals surface area contributed by atoms with Crippen LogP contribution in [0.3, 0.4) is 0 Å². The third-order valence-electron chi connectivity index (χ3n) is 4.76. The predicted octanol–water partition coefficient (Wildman–Crippen LogP) is 3.42. The van der Waals surface area contributed by atoms with Gasteiger partial charge >= 0.3 is 0 Å². The molecule has 0 bridgehead atoms. The van der Waals surface area contributed by atoms with E-state index in [0.29, 0.717) is 12.1 Å². The van der Waals surface area contributed by atoms with Gasteiger partial charge in [0.25, 0.3) is 5.91 Å². The molecule has 5 heteroatoms. The van der Waals surface area contributed by atoms with Gasteiger partial charge in [-0.1, -0.05) is 24.1 Å². The van der Waals surface area contributed by atoms with Crippen molar-refractivity contribution < 1.29 is 4.79 Å². The van der Waals surface area contributed by atoms with Crippen LogP contribution < -0.4 is 10.2 Å². The molecule has 0 aliphatic carbocycles. The summed E-state index contributed by atoms with van der Waals surface area (Å²) in [5, 5.41) is 10.6. The maximum absolute atomic E-state index is 12.3. The molecule has 5 nitrogen and oxygen atoms in total. The average Bonchev–Trinajstić information content (AvgIpc) is 3.15. The SMILES string of the molecule is CC#CN1CCc2cc(-c3ccc(C(=O)NCc4cccnn4)cc3)ccc21. The van der Waals surface area contributed by atoms with E-state index in [1.165, 1.54) is 11.3 Å². The molecule has 1 aromatic heterocycles. The van der Waals surface area contributed by atoms with Crippen LogP contribution in [0.25, 0.3) is 11.1 Å². The maximum atomic E-state index is 12.3. The summed E-state index contributed by atoms with van der Waals surface area (Å²) in [6.07, 6.45) is 2.61. The summed E-state index contributed by atoms with van der Waals surface area (Å²) in [6, 6.07) is 20.9. The van der Waals surface area contributed by atoms with Gasteiger partial charge in [0, 0.05) is 24.3 Å². The van der Waals surface area contributed by atoms with Gasteiger partial charge in [-0.2, -0.15) is 10.2 Å². The second-order valence-corrected chi connectivity index (χ2v) is 6.58. The van der Waals surface area contributed by atoms with Crippen LogP contribution in [0.1, 0.15) is 28.5 Å². The largest absolute Gasteiger partial charge is 0.346 e. The van der Waals surface area contributed by atoms with Crippen molar-refractivity contribution in [1.82, 2.24) is 15.5 Å². The highest BCUT2D eigenvalue weighted by atomic mass is 16.1. The summed E-state index contributed by atoms with van der Waals surface area (Å²) in [5.74, 6) is 2.84. The van der Waals surface area contributed by atoms with Gasteiger partial charge in [0.1, 0.15) is 0 Å². The summed E-state index contributed by atoms with van der Waals surface area (Å²) in [7, 11) is 0. The van der Waals surface area contributed by atoms with Crippen LogP contribution in [0.5, 0.6) is 0 Å². The smallest absolute Gasteiger partial charge is 0.251 e. The zero-order valence-electron chi connectivity index (χ0n) is 15.6. The van der Waals surface area contributed by atoms with Crippen molar-refractivity contribution in [3.63, 3.8) is 0 Å². The molecule has 138 valence electrons. The van der Waals surface area contributed by atoms with Crippen molar-refractivity contribution in [2.45, 2.75) is 19.9 Å². The number of hydrogen-bond acceptors (Lipinski definition) is 4. The maximum Gasteiger partial charge on any atom is 0.251 e. The highest BCUT2D eigenvalue weighted by Gasteiger charge is 2.18. The first-order valence-electron chi connectivity index (χ1n) is 9.22. The lowest BCUT2D eigenvalue weighted by Crippen LogP contribution is -2.23. The number of amides is 1. The lowest BCUT2D eigenvalue weighted by atomic mass is 10.0. The molecule has 1 N–H and O–H groups in total. The number of carbonyl (C=O) groups is 1. The molecule has 0 saturated heterocycles. The van der Waals surface area contributed by atoms with Gasteiger partial charge in [0.2, 0.25) is 0 Å². The second kappa shape index (κ2) is 7.93. The van der Waals surface area contributed by atoms with Crippen molar-refractivity contribution in [3.8, 4) is 23.1 Å². The minimum atomic E-state index is -0.125. The fourth-order valence-electron chi connectivity index (χ4n) is 3.35. The van der Waals surface area contributed by atoms with Crippen molar-refractivity contribution >= 4 is 11.6 Å². The molecule has 0 spiro atoms. The van der Waals surface area contributed by atoms with Gasteiger partial charge in [0.05, 0.1) is 17.9 Å². The molecule has 1 aliphatic heterocycles. The predicted molar refractivity (Wildman–Crippen MR) is 110 cm³/mol. The molecule has 2 aromatic carbocycles.